The fraction of sp³-hybridized carbons (Fsp3) is 0.267. The zero-order chi connectivity index (χ0) is 50.4. The summed E-state index contributed by atoms with van der Waals surface area (Å²) in [4.78, 5) is 26.5. The van der Waals surface area contributed by atoms with Crippen LogP contribution in [0.2, 0.25) is 0 Å². The Bertz CT molecular complexity index is 3510. The van der Waals surface area contributed by atoms with Crippen LogP contribution in [0.15, 0.2) is 158 Å². The molecular weight excluding hydrogens is 927 g/mol. The molecule has 0 bridgehead atoms. The number of fused-ring (bicyclic) bond motifs is 4. The van der Waals surface area contributed by atoms with E-state index in [-0.39, 0.29) is 6.10 Å². The van der Waals surface area contributed by atoms with Gasteiger partial charge in [-0.1, -0.05) is 84.9 Å². The van der Waals surface area contributed by atoms with Crippen LogP contribution in [-0.2, 0) is 22.6 Å². The lowest BCUT2D eigenvalue weighted by Crippen LogP contribution is -2.49. The van der Waals surface area contributed by atoms with Gasteiger partial charge >= 0.3 is 0 Å². The molecule has 12 rings (SSSR count). The van der Waals surface area contributed by atoms with Gasteiger partial charge in [0.25, 0.3) is 0 Å². The van der Waals surface area contributed by atoms with Crippen LogP contribution in [0, 0.1) is 0 Å². The summed E-state index contributed by atoms with van der Waals surface area (Å²) in [5.41, 5.74) is 12.7. The largest absolute Gasteiger partial charge is 0.491 e. The van der Waals surface area contributed by atoms with E-state index in [1.165, 1.54) is 16.7 Å². The Morgan fingerprint density at radius 2 is 0.986 bits per heavy atom. The van der Waals surface area contributed by atoms with Crippen molar-refractivity contribution in [2.75, 3.05) is 87.0 Å². The highest BCUT2D eigenvalue weighted by Gasteiger charge is 2.24. The summed E-state index contributed by atoms with van der Waals surface area (Å²) >= 11 is 0. The number of likely N-dealkylation sites (N-methyl/N-ethyl adjacent to an activating group) is 1. The number of para-hydroxylation sites is 2. The Morgan fingerprint density at radius 1 is 0.514 bits per heavy atom. The van der Waals surface area contributed by atoms with Gasteiger partial charge < -0.3 is 29.0 Å². The highest BCUT2D eigenvalue weighted by atomic mass is 16.5. The van der Waals surface area contributed by atoms with E-state index in [9.17, 15) is 5.11 Å². The number of nitrogens with zero attached hydrogens (tertiary/aromatic N) is 9. The third-order valence-electron chi connectivity index (χ3n) is 13.9. The van der Waals surface area contributed by atoms with Gasteiger partial charge in [-0.15, -0.1) is 0 Å². The van der Waals surface area contributed by atoms with Crippen molar-refractivity contribution in [1.82, 2.24) is 43.8 Å². The Morgan fingerprint density at radius 3 is 1.45 bits per heavy atom. The number of piperazine rings is 1. The molecule has 2 saturated heterocycles. The van der Waals surface area contributed by atoms with E-state index < -0.39 is 0 Å². The van der Waals surface area contributed by atoms with Gasteiger partial charge in [0.2, 0.25) is 0 Å². The van der Waals surface area contributed by atoms with Crippen LogP contribution in [0.25, 0.3) is 77.8 Å². The molecule has 0 aliphatic carbocycles. The molecule has 0 spiro atoms. The first kappa shape index (κ1) is 48.7. The van der Waals surface area contributed by atoms with Crippen LogP contribution < -0.4 is 9.47 Å². The monoisotopic (exact) mass is 987 g/mol. The van der Waals surface area contributed by atoms with E-state index in [1.54, 1.807) is 14.2 Å². The van der Waals surface area contributed by atoms with Gasteiger partial charge in [0.05, 0.1) is 52.4 Å². The van der Waals surface area contributed by atoms with Crippen molar-refractivity contribution in [2.45, 2.75) is 19.2 Å². The SMILES string of the molecule is COCCOc1ccc2c(c1)ncn2-c1ccc2cccc(-c3ccc(CN4CC(O)C4)cc3)c2n1.COCCOc1ccc2c(c1)ncn2-c1ccc2cccc(-c3ccc(CN4CCN(C)CC4)cc3)c2n1. The maximum Gasteiger partial charge on any atom is 0.139 e. The van der Waals surface area contributed by atoms with Crippen LogP contribution in [0.5, 0.6) is 11.5 Å². The molecule has 1 N–H and O–H groups in total. The molecule has 6 aromatic carbocycles. The average molecular weight is 988 g/mol. The summed E-state index contributed by atoms with van der Waals surface area (Å²) in [6.45, 7) is 9.99. The van der Waals surface area contributed by atoms with Crippen LogP contribution >= 0.6 is 0 Å². The van der Waals surface area contributed by atoms with E-state index in [2.05, 4.69) is 135 Å². The Labute approximate surface area is 431 Å². The van der Waals surface area contributed by atoms with Crippen molar-refractivity contribution < 1.29 is 24.1 Å². The number of hydrogen-bond donors (Lipinski definition) is 1. The van der Waals surface area contributed by atoms with Crippen LogP contribution in [-0.4, -0.2) is 142 Å². The molecule has 2 fully saturated rings. The number of hydrogen-bond acceptors (Lipinski definition) is 12. The second kappa shape index (κ2) is 22.3. The summed E-state index contributed by atoms with van der Waals surface area (Å²) in [6, 6.07) is 50.5. The fourth-order valence-corrected chi connectivity index (χ4v) is 9.80. The lowest BCUT2D eigenvalue weighted by molar-refractivity contribution is -0.00286. The van der Waals surface area contributed by atoms with Gasteiger partial charge in [-0.25, -0.2) is 19.9 Å². The first-order chi connectivity index (χ1) is 36.3. The molecule has 0 atom stereocenters. The number of pyridine rings is 2. The normalized spacial score (nSPS) is 14.6. The number of benzene rings is 6. The zero-order valence-electron chi connectivity index (χ0n) is 42.2. The quantitative estimate of drug-likeness (QED) is 0.0927. The third kappa shape index (κ3) is 10.9. The molecule has 14 heteroatoms. The summed E-state index contributed by atoms with van der Waals surface area (Å²) in [7, 11) is 5.52. The molecule has 74 heavy (non-hydrogen) atoms. The molecule has 6 heterocycles. The first-order valence-electron chi connectivity index (χ1n) is 25.3. The molecule has 376 valence electrons. The fourth-order valence-electron chi connectivity index (χ4n) is 9.80. The van der Waals surface area contributed by atoms with E-state index in [4.69, 9.17) is 28.9 Å². The predicted molar refractivity (Wildman–Crippen MR) is 292 cm³/mol. The molecule has 14 nitrogen and oxygen atoms in total. The van der Waals surface area contributed by atoms with Gasteiger partial charge in [-0.05, 0) is 77.8 Å². The number of rotatable bonds is 16. The molecular formula is C60H61N9O5. The number of aliphatic hydroxyl groups is 1. The number of ether oxygens (including phenoxy) is 4. The van der Waals surface area contributed by atoms with Crippen molar-refractivity contribution >= 4 is 43.9 Å². The number of likely N-dealkylation sites (tertiary alicyclic amines) is 1. The van der Waals surface area contributed by atoms with E-state index >= 15 is 0 Å². The molecule has 0 amide bonds. The van der Waals surface area contributed by atoms with Crippen LogP contribution in [0.4, 0.5) is 0 Å². The van der Waals surface area contributed by atoms with Crippen molar-refractivity contribution in [3.8, 4) is 45.4 Å². The van der Waals surface area contributed by atoms with Gasteiger partial charge in [-0.3, -0.25) is 18.9 Å². The zero-order valence-corrected chi connectivity index (χ0v) is 42.2. The van der Waals surface area contributed by atoms with Gasteiger partial charge in [0, 0.05) is 101 Å². The van der Waals surface area contributed by atoms with Gasteiger partial charge in [0.15, 0.2) is 0 Å². The summed E-state index contributed by atoms with van der Waals surface area (Å²) in [5, 5.41) is 11.7. The lowest BCUT2D eigenvalue weighted by atomic mass is 10.00. The first-order valence-corrected chi connectivity index (χ1v) is 25.3. The molecule has 2 aliphatic rings. The van der Waals surface area contributed by atoms with Crippen LogP contribution in [0.1, 0.15) is 11.1 Å². The molecule has 0 unspecified atom stereocenters. The van der Waals surface area contributed by atoms with Crippen molar-refractivity contribution in [3.05, 3.63) is 169 Å². The van der Waals surface area contributed by atoms with Crippen molar-refractivity contribution in [1.29, 1.82) is 0 Å². The number of aromatic nitrogens is 6. The number of aliphatic hydroxyl groups excluding tert-OH is 1. The Hall–Kier alpha value is -7.56. The van der Waals surface area contributed by atoms with E-state index in [0.29, 0.717) is 26.4 Å². The summed E-state index contributed by atoms with van der Waals surface area (Å²) in [6.07, 6.45) is 3.46. The molecule has 2 aliphatic heterocycles. The lowest BCUT2D eigenvalue weighted by Gasteiger charge is -2.35. The number of imidazole rings is 2. The standard InChI is InChI=1S/C31H33N5O2.C29H28N4O3/c1-34-14-16-35(17-15-34)21-23-6-8-24(9-7-23)27-5-3-4-25-10-13-30(33-31(25)27)36-22-32-28-20-26(11-12-29(28)36)38-19-18-37-2;1-35-13-14-36-24-10-11-27-26(15-24)30-19-33(27)28-12-9-22-3-2-4-25(29(22)31-28)21-7-5-20(6-8-21)16-32-17-23(34)18-32/h3-13,20,22H,14-19,21H2,1-2H3;2-12,15,19,23,34H,13-14,16-18H2,1H3. The minimum Gasteiger partial charge on any atom is -0.491 e. The topological polar surface area (TPSA) is 128 Å². The second-order valence-corrected chi connectivity index (χ2v) is 19.1. The Kier molecular flexibility index (Phi) is 14.7. The predicted octanol–water partition coefficient (Wildman–Crippen LogP) is 9.46. The second-order valence-electron chi connectivity index (χ2n) is 19.1. The van der Waals surface area contributed by atoms with Gasteiger partial charge in [0.1, 0.15) is 49.0 Å². The molecule has 10 aromatic rings. The molecule has 4 aromatic heterocycles. The van der Waals surface area contributed by atoms with Gasteiger partial charge in [-0.2, -0.15) is 0 Å². The summed E-state index contributed by atoms with van der Waals surface area (Å²) < 4.78 is 25.7. The highest BCUT2D eigenvalue weighted by Crippen LogP contribution is 2.32. The minimum atomic E-state index is -0.177. The number of methoxy groups -OCH3 is 2. The molecule has 0 radical (unpaired) electrons. The van der Waals surface area contributed by atoms with E-state index in [0.717, 1.165) is 136 Å². The minimum absolute atomic E-state index is 0.177. The third-order valence-corrected chi connectivity index (χ3v) is 13.9. The smallest absolute Gasteiger partial charge is 0.139 e. The summed E-state index contributed by atoms with van der Waals surface area (Å²) in [5.74, 6) is 3.21. The molecule has 0 saturated carbocycles. The maximum atomic E-state index is 9.53. The average Bonchev–Trinajstić information content (AvgIpc) is 4.06. The van der Waals surface area contributed by atoms with Crippen LogP contribution in [0.3, 0.4) is 0 Å². The van der Waals surface area contributed by atoms with E-state index in [1.807, 2.05) is 64.3 Å². The maximum absolute atomic E-state index is 9.53. The Balaban J connectivity index is 0.000000159. The number of β-amino-alcohol motifs (C(OH)–C–C–N with tert-alkyl or cyclic N) is 1. The van der Waals surface area contributed by atoms with Crippen molar-refractivity contribution in [3.63, 3.8) is 0 Å². The van der Waals surface area contributed by atoms with Crippen molar-refractivity contribution in [2.24, 2.45) is 0 Å². The highest BCUT2D eigenvalue weighted by molar-refractivity contribution is 5.95.